The number of fused-ring (bicyclic) bond motifs is 1. The first kappa shape index (κ1) is 25.9. The molecule has 182 valence electrons. The van der Waals surface area contributed by atoms with Gasteiger partial charge in [0, 0.05) is 15.5 Å². The Morgan fingerprint density at radius 3 is 2.74 bits per heavy atom. The van der Waals surface area contributed by atoms with Crippen molar-refractivity contribution in [1.82, 2.24) is 30.8 Å². The van der Waals surface area contributed by atoms with Crippen molar-refractivity contribution in [1.29, 1.82) is 0 Å². The molecule has 0 spiro atoms. The van der Waals surface area contributed by atoms with Crippen LogP contribution in [0.5, 0.6) is 0 Å². The molecule has 0 radical (unpaired) electrons. The summed E-state index contributed by atoms with van der Waals surface area (Å²) in [6, 6.07) is 9.13. The van der Waals surface area contributed by atoms with Crippen molar-refractivity contribution in [3.05, 3.63) is 48.0 Å². The summed E-state index contributed by atoms with van der Waals surface area (Å²) in [5.74, 6) is 1.27. The number of hydrogen-bond acceptors (Lipinski definition) is 9. The molecular weight excluding hydrogens is 510 g/mol. The minimum absolute atomic E-state index is 0.147. The van der Waals surface area contributed by atoms with E-state index >= 15 is 0 Å². The second-order valence-corrected chi connectivity index (χ2v) is 10.4. The largest absolute Gasteiger partial charge is 0.826 e. The summed E-state index contributed by atoms with van der Waals surface area (Å²) in [7, 11) is 10.6. The zero-order valence-corrected chi connectivity index (χ0v) is 23.0. The number of hydrazine groups is 1. The molecule has 3 N–H and O–H groups in total. The molecule has 0 saturated carbocycles. The van der Waals surface area contributed by atoms with E-state index in [-0.39, 0.29) is 17.6 Å². The molecule has 1 aliphatic heterocycles. The monoisotopic (exact) mass is 538 g/mol. The van der Waals surface area contributed by atoms with Crippen molar-refractivity contribution in [2.45, 2.75) is 50.2 Å². The number of benzene rings is 1. The van der Waals surface area contributed by atoms with Crippen molar-refractivity contribution >= 4 is 59.6 Å². The third kappa shape index (κ3) is 5.63. The van der Waals surface area contributed by atoms with E-state index in [1.807, 2.05) is 37.3 Å². The van der Waals surface area contributed by atoms with Gasteiger partial charge in [0.1, 0.15) is 29.9 Å². The first-order valence-electron chi connectivity index (χ1n) is 10.7. The fraction of sp³-hybridized carbons (Fsp3) is 0.400. The Kier molecular flexibility index (Phi) is 8.92. The predicted molar refractivity (Wildman–Crippen MR) is 143 cm³/mol. The molecular formula is C20H28N7O3P4-. The van der Waals surface area contributed by atoms with Crippen LogP contribution in [0, 0.1) is 0 Å². The van der Waals surface area contributed by atoms with Gasteiger partial charge in [0.25, 0.3) is 0 Å². The normalized spacial score (nSPS) is 23.3. The molecule has 3 aromatic rings. The van der Waals surface area contributed by atoms with Crippen LogP contribution in [0.3, 0.4) is 0 Å². The van der Waals surface area contributed by atoms with E-state index in [9.17, 15) is 5.11 Å². The van der Waals surface area contributed by atoms with Crippen LogP contribution in [-0.4, -0.2) is 49.7 Å². The van der Waals surface area contributed by atoms with Crippen molar-refractivity contribution in [2.24, 2.45) is 0 Å². The van der Waals surface area contributed by atoms with Crippen LogP contribution in [0.2, 0.25) is 0 Å². The Hall–Kier alpha value is -1.17. The first-order valence-corrected chi connectivity index (χ1v) is 12.7. The Bertz CT molecular complexity index is 1120. The third-order valence-electron chi connectivity index (χ3n) is 5.76. The Morgan fingerprint density at radius 1 is 1.32 bits per heavy atom. The number of aromatic nitrogens is 4. The third-order valence-corrected chi connectivity index (χ3v) is 6.91. The van der Waals surface area contributed by atoms with E-state index in [1.54, 1.807) is 4.44 Å². The van der Waals surface area contributed by atoms with Crippen LogP contribution in [0.4, 0.5) is 5.82 Å². The second-order valence-electron chi connectivity index (χ2n) is 7.95. The van der Waals surface area contributed by atoms with E-state index < -0.39 is 18.2 Å². The highest BCUT2D eigenvalue weighted by Gasteiger charge is 2.46. The molecule has 3 heterocycles. The standard InChI is InChI=1S/C20H29N7O3P4/c1-2-12-13(26-25-11(20(28)31)8-10-6-4-3-5-7-10)15(30-34)16(29-12)18-23-14-17(24-18)21-9-22-19(14)27(32)33/h3-7,9,11-13,15-16,25-26,28,31H,2,8,32-34H2,1H3,(H,21,22,23,24)/p-1/t11-,12?,13?,15?,16?/m1/s1. The molecule has 1 aromatic carbocycles. The molecule has 10 nitrogen and oxygen atoms in total. The molecule has 1 aliphatic rings. The molecule has 7 unspecified atom stereocenters. The lowest BCUT2D eigenvalue weighted by molar-refractivity contribution is -0.215. The van der Waals surface area contributed by atoms with Gasteiger partial charge < -0.3 is 23.8 Å². The maximum atomic E-state index is 12.2. The zero-order valence-electron chi connectivity index (χ0n) is 18.5. The number of anilines is 1. The quantitative estimate of drug-likeness (QED) is 0.260. The molecule has 1 fully saturated rings. The maximum Gasteiger partial charge on any atom is 0.183 e. The summed E-state index contributed by atoms with van der Waals surface area (Å²) >= 11 is 0. The van der Waals surface area contributed by atoms with E-state index in [2.05, 4.69) is 67.9 Å². The molecule has 0 bridgehead atoms. The Balaban J connectivity index is 1.54. The molecule has 14 heteroatoms. The number of ether oxygens (including phenoxy) is 1. The fourth-order valence-corrected chi connectivity index (χ4v) is 4.95. The topological polar surface area (TPSA) is 123 Å². The summed E-state index contributed by atoms with van der Waals surface area (Å²) in [5.41, 5.74) is 8.62. The average Bonchev–Trinajstić information content (AvgIpc) is 3.42. The van der Waals surface area contributed by atoms with E-state index in [0.717, 1.165) is 12.0 Å². The number of rotatable bonds is 10. The van der Waals surface area contributed by atoms with E-state index in [4.69, 9.17) is 9.26 Å². The highest BCUT2D eigenvalue weighted by atomic mass is 31.1. The number of hydrogen-bond donors (Lipinski definition) is 3. The Morgan fingerprint density at radius 2 is 2.09 bits per heavy atom. The van der Waals surface area contributed by atoms with Gasteiger partial charge in [0.2, 0.25) is 0 Å². The van der Waals surface area contributed by atoms with Gasteiger partial charge in [-0.2, -0.15) is 0 Å². The lowest BCUT2D eigenvalue weighted by Gasteiger charge is -2.30. The molecule has 4 rings (SSSR count). The van der Waals surface area contributed by atoms with Gasteiger partial charge in [0.05, 0.1) is 12.1 Å². The Labute approximate surface area is 207 Å². The highest BCUT2D eigenvalue weighted by molar-refractivity contribution is 7.39. The summed E-state index contributed by atoms with van der Waals surface area (Å²) in [6.07, 6.45) is 1.69. The number of H-pyrrole nitrogens is 1. The molecule has 8 atom stereocenters. The van der Waals surface area contributed by atoms with E-state index in [0.29, 0.717) is 29.2 Å². The molecule has 0 amide bonds. The van der Waals surface area contributed by atoms with E-state index in [1.165, 1.54) is 6.33 Å². The molecule has 2 aromatic heterocycles. The van der Waals surface area contributed by atoms with Crippen LogP contribution in [0.25, 0.3) is 11.2 Å². The smallest absolute Gasteiger partial charge is 0.183 e. The molecule has 1 saturated heterocycles. The van der Waals surface area contributed by atoms with Gasteiger partial charge in [-0.05, 0) is 37.2 Å². The number of nitrogens with zero attached hydrogens (tertiary/aromatic N) is 4. The number of imidazole rings is 1. The summed E-state index contributed by atoms with van der Waals surface area (Å²) in [5, 5.41) is 12.2. The second kappa shape index (κ2) is 11.7. The zero-order chi connectivity index (χ0) is 24.2. The number of aromatic amines is 1. The van der Waals surface area contributed by atoms with Crippen LogP contribution in [0.15, 0.2) is 36.7 Å². The summed E-state index contributed by atoms with van der Waals surface area (Å²) < 4.78 is 13.9. The van der Waals surface area contributed by atoms with Crippen molar-refractivity contribution in [2.75, 3.05) is 4.44 Å². The van der Waals surface area contributed by atoms with Crippen molar-refractivity contribution in [3.8, 4) is 0 Å². The minimum atomic E-state index is -0.474. The van der Waals surface area contributed by atoms with Crippen LogP contribution in [-0.2, 0) is 15.7 Å². The minimum Gasteiger partial charge on any atom is -0.826 e. The fourth-order valence-electron chi connectivity index (χ4n) is 4.07. The highest BCUT2D eigenvalue weighted by Crippen LogP contribution is 2.38. The SMILES string of the molecule is CCC1OC(c2nc3ncnc(N(P)P)c3[nH]2)C(OP)C1NN[C@H](Cc1ccccc1)C([O-])=P. The van der Waals surface area contributed by atoms with Crippen molar-refractivity contribution in [3.63, 3.8) is 0 Å². The lowest BCUT2D eigenvalue weighted by Crippen LogP contribution is -2.57. The molecule has 34 heavy (non-hydrogen) atoms. The van der Waals surface area contributed by atoms with Gasteiger partial charge in [-0.25, -0.2) is 20.4 Å². The van der Waals surface area contributed by atoms with Gasteiger partial charge >= 0.3 is 0 Å². The predicted octanol–water partition coefficient (Wildman–Crippen LogP) is 1.47. The maximum absolute atomic E-state index is 12.2. The first-order chi connectivity index (χ1) is 16.4. The average molecular weight is 538 g/mol. The van der Waals surface area contributed by atoms with Gasteiger partial charge in [0.15, 0.2) is 11.5 Å². The van der Waals surface area contributed by atoms with Gasteiger partial charge in [-0.3, -0.25) is 5.43 Å². The van der Waals surface area contributed by atoms with Crippen molar-refractivity contribution < 1.29 is 14.4 Å². The summed E-state index contributed by atoms with van der Waals surface area (Å²) in [6.45, 7) is 2.04. The van der Waals surface area contributed by atoms with Gasteiger partial charge in [-0.1, -0.05) is 37.3 Å². The van der Waals surface area contributed by atoms with Crippen LogP contribution in [0.1, 0.15) is 30.8 Å². The lowest BCUT2D eigenvalue weighted by atomic mass is 10.0. The molecule has 0 aliphatic carbocycles. The van der Waals surface area contributed by atoms with Gasteiger partial charge in [-0.15, -0.1) is 14.3 Å². The number of nitrogens with one attached hydrogen (secondary N) is 3. The van der Waals surface area contributed by atoms with Crippen LogP contribution >= 0.6 is 37.1 Å². The summed E-state index contributed by atoms with van der Waals surface area (Å²) in [4.78, 5) is 16.5. The van der Waals surface area contributed by atoms with Crippen LogP contribution < -0.4 is 20.4 Å².